The van der Waals surface area contributed by atoms with E-state index in [0.29, 0.717) is 46.1 Å². The molecule has 0 saturated heterocycles. The minimum atomic E-state index is -0.314. The molecule has 0 atom stereocenters. The first-order valence-electron chi connectivity index (χ1n) is 8.71. The number of urea groups is 1. The van der Waals surface area contributed by atoms with Crippen molar-refractivity contribution in [2.24, 2.45) is 0 Å². The molecule has 0 bridgehead atoms. The molecular formula is C19H15Cl2N5O2S. The lowest BCUT2D eigenvalue weighted by Gasteiger charge is -2.26. The Labute approximate surface area is 180 Å². The number of hydrogen-bond donors (Lipinski definition) is 2. The Kier molecular flexibility index (Phi) is 5.66. The SMILES string of the molecule is O=C(Nc1nc2c(s1)CN(C(=O)Nc1ccc(Cl)c(Cl)c1)CC2)c1ccccn1. The Balaban J connectivity index is 1.41. The number of rotatable bonds is 3. The van der Waals surface area contributed by atoms with E-state index < -0.39 is 0 Å². The topological polar surface area (TPSA) is 87.2 Å². The largest absolute Gasteiger partial charge is 0.322 e. The molecule has 10 heteroatoms. The molecule has 2 N–H and O–H groups in total. The monoisotopic (exact) mass is 447 g/mol. The van der Waals surface area contributed by atoms with Gasteiger partial charge in [-0.25, -0.2) is 9.78 Å². The van der Waals surface area contributed by atoms with Crippen LogP contribution in [0.3, 0.4) is 0 Å². The second-order valence-corrected chi connectivity index (χ2v) is 8.19. The predicted molar refractivity (Wildman–Crippen MR) is 114 cm³/mol. The first-order chi connectivity index (χ1) is 14.0. The van der Waals surface area contributed by atoms with E-state index >= 15 is 0 Å². The van der Waals surface area contributed by atoms with E-state index in [1.165, 1.54) is 11.3 Å². The van der Waals surface area contributed by atoms with Crippen molar-refractivity contribution in [1.82, 2.24) is 14.9 Å². The summed E-state index contributed by atoms with van der Waals surface area (Å²) in [5, 5.41) is 6.89. The lowest BCUT2D eigenvalue weighted by Crippen LogP contribution is -2.38. The second kappa shape index (κ2) is 8.36. The number of fused-ring (bicyclic) bond motifs is 1. The van der Waals surface area contributed by atoms with Crippen molar-refractivity contribution in [2.75, 3.05) is 17.2 Å². The van der Waals surface area contributed by atoms with Gasteiger partial charge in [0.05, 0.1) is 22.3 Å². The molecule has 4 rings (SSSR count). The summed E-state index contributed by atoms with van der Waals surface area (Å²) in [6.07, 6.45) is 2.17. The van der Waals surface area contributed by atoms with Gasteiger partial charge >= 0.3 is 6.03 Å². The molecule has 3 heterocycles. The molecule has 3 amide bonds. The van der Waals surface area contributed by atoms with Crippen LogP contribution in [0.2, 0.25) is 10.0 Å². The van der Waals surface area contributed by atoms with Crippen molar-refractivity contribution in [3.63, 3.8) is 0 Å². The smallest absolute Gasteiger partial charge is 0.319 e. The maximum Gasteiger partial charge on any atom is 0.322 e. The van der Waals surface area contributed by atoms with Gasteiger partial charge in [-0.2, -0.15) is 0 Å². The number of hydrogen-bond acceptors (Lipinski definition) is 5. The van der Waals surface area contributed by atoms with Gasteiger partial charge < -0.3 is 10.2 Å². The molecule has 1 aromatic carbocycles. The Hall–Kier alpha value is -2.68. The van der Waals surface area contributed by atoms with Crippen LogP contribution < -0.4 is 10.6 Å². The van der Waals surface area contributed by atoms with Crippen molar-refractivity contribution in [3.05, 3.63) is 68.9 Å². The van der Waals surface area contributed by atoms with Gasteiger partial charge in [0, 0.05) is 29.7 Å². The van der Waals surface area contributed by atoms with Crippen LogP contribution in [0.5, 0.6) is 0 Å². The molecule has 1 aliphatic heterocycles. The van der Waals surface area contributed by atoms with E-state index in [9.17, 15) is 9.59 Å². The minimum absolute atomic E-state index is 0.235. The number of carbonyl (C=O) groups is 2. The Morgan fingerprint density at radius 3 is 2.72 bits per heavy atom. The van der Waals surface area contributed by atoms with E-state index in [-0.39, 0.29) is 11.9 Å². The number of carbonyl (C=O) groups excluding carboxylic acids is 2. The molecule has 0 radical (unpaired) electrons. The van der Waals surface area contributed by atoms with E-state index in [2.05, 4.69) is 20.6 Å². The van der Waals surface area contributed by atoms with Crippen LogP contribution in [0.4, 0.5) is 15.6 Å². The molecule has 0 fully saturated rings. The van der Waals surface area contributed by atoms with Crippen LogP contribution in [-0.4, -0.2) is 33.4 Å². The van der Waals surface area contributed by atoms with Gasteiger partial charge in [0.25, 0.3) is 5.91 Å². The molecule has 0 unspecified atom stereocenters. The molecule has 29 heavy (non-hydrogen) atoms. The second-order valence-electron chi connectivity index (χ2n) is 6.29. The first-order valence-corrected chi connectivity index (χ1v) is 10.3. The van der Waals surface area contributed by atoms with E-state index in [0.717, 1.165) is 10.6 Å². The highest BCUT2D eigenvalue weighted by Gasteiger charge is 2.25. The Morgan fingerprint density at radius 1 is 1.10 bits per heavy atom. The van der Waals surface area contributed by atoms with Crippen molar-refractivity contribution in [1.29, 1.82) is 0 Å². The predicted octanol–water partition coefficient (Wildman–Crippen LogP) is 4.69. The summed E-state index contributed by atoms with van der Waals surface area (Å²) in [6.45, 7) is 0.942. The molecule has 7 nitrogen and oxygen atoms in total. The lowest BCUT2D eigenvalue weighted by atomic mass is 10.2. The van der Waals surface area contributed by atoms with Gasteiger partial charge in [0.15, 0.2) is 5.13 Å². The van der Waals surface area contributed by atoms with Gasteiger partial charge in [0.2, 0.25) is 0 Å². The number of thiazole rings is 1. The summed E-state index contributed by atoms with van der Waals surface area (Å²) in [6, 6.07) is 9.83. The molecular weight excluding hydrogens is 433 g/mol. The number of benzene rings is 1. The highest BCUT2D eigenvalue weighted by atomic mass is 35.5. The lowest BCUT2D eigenvalue weighted by molar-refractivity contribution is 0.102. The molecule has 148 valence electrons. The molecule has 3 aromatic rings. The zero-order valence-corrected chi connectivity index (χ0v) is 17.3. The maximum atomic E-state index is 12.6. The third-order valence-corrected chi connectivity index (χ3v) is 6.04. The highest BCUT2D eigenvalue weighted by Crippen LogP contribution is 2.29. The van der Waals surface area contributed by atoms with Crippen LogP contribution in [0.25, 0.3) is 0 Å². The van der Waals surface area contributed by atoms with Crippen molar-refractivity contribution in [2.45, 2.75) is 13.0 Å². The van der Waals surface area contributed by atoms with Gasteiger partial charge in [-0.1, -0.05) is 40.6 Å². The summed E-state index contributed by atoms with van der Waals surface area (Å²) in [5.41, 5.74) is 1.79. The minimum Gasteiger partial charge on any atom is -0.319 e. The highest BCUT2D eigenvalue weighted by molar-refractivity contribution is 7.15. The number of pyridine rings is 1. The first kappa shape index (κ1) is 19.6. The molecule has 1 aliphatic rings. The third-order valence-electron chi connectivity index (χ3n) is 4.31. The average molecular weight is 448 g/mol. The molecule has 0 spiro atoms. The molecule has 2 aromatic heterocycles. The molecule has 0 aliphatic carbocycles. The van der Waals surface area contributed by atoms with Crippen LogP contribution >= 0.6 is 34.5 Å². The fourth-order valence-corrected chi connectivity index (χ4v) is 4.17. The summed E-state index contributed by atoms with van der Waals surface area (Å²) in [7, 11) is 0. The summed E-state index contributed by atoms with van der Waals surface area (Å²) >= 11 is 13.3. The van der Waals surface area contributed by atoms with Gasteiger partial charge in [-0.05, 0) is 30.3 Å². The van der Waals surface area contributed by atoms with E-state index in [1.54, 1.807) is 47.5 Å². The molecule has 0 saturated carbocycles. The number of nitrogens with one attached hydrogen (secondary N) is 2. The Morgan fingerprint density at radius 2 is 1.97 bits per heavy atom. The zero-order chi connectivity index (χ0) is 20.4. The average Bonchev–Trinajstić information content (AvgIpc) is 3.12. The van der Waals surface area contributed by atoms with Crippen molar-refractivity contribution >= 4 is 57.3 Å². The van der Waals surface area contributed by atoms with Crippen LogP contribution in [0.15, 0.2) is 42.6 Å². The summed E-state index contributed by atoms with van der Waals surface area (Å²) in [5.74, 6) is -0.314. The van der Waals surface area contributed by atoms with Crippen molar-refractivity contribution < 1.29 is 9.59 Å². The summed E-state index contributed by atoms with van der Waals surface area (Å²) < 4.78 is 0. The quantitative estimate of drug-likeness (QED) is 0.609. The number of anilines is 2. The van der Waals surface area contributed by atoms with Crippen molar-refractivity contribution in [3.8, 4) is 0 Å². The standard InChI is InChI=1S/C19H15Cl2N5O2S/c20-12-5-4-11(9-13(12)21)23-19(28)26-8-6-14-16(10-26)29-18(24-14)25-17(27)15-3-1-2-7-22-15/h1-5,7,9H,6,8,10H2,(H,23,28)(H,24,25,27). The van der Waals surface area contributed by atoms with Gasteiger partial charge in [0.1, 0.15) is 5.69 Å². The number of nitrogens with zero attached hydrogens (tertiary/aromatic N) is 3. The Bertz CT molecular complexity index is 1070. The third kappa shape index (κ3) is 4.50. The number of halogens is 2. The number of amides is 3. The van der Waals surface area contributed by atoms with Crippen LogP contribution in [0, 0.1) is 0 Å². The van der Waals surface area contributed by atoms with Gasteiger partial charge in [-0.3, -0.25) is 15.1 Å². The maximum absolute atomic E-state index is 12.6. The van der Waals surface area contributed by atoms with Crippen LogP contribution in [0.1, 0.15) is 21.1 Å². The van der Waals surface area contributed by atoms with Crippen LogP contribution in [-0.2, 0) is 13.0 Å². The summed E-state index contributed by atoms with van der Waals surface area (Å²) in [4.78, 5) is 36.0. The normalized spacial score (nSPS) is 13.0. The van der Waals surface area contributed by atoms with E-state index in [4.69, 9.17) is 23.2 Å². The zero-order valence-electron chi connectivity index (χ0n) is 15.0. The van der Waals surface area contributed by atoms with Gasteiger partial charge in [-0.15, -0.1) is 0 Å². The fraction of sp³-hybridized carbons (Fsp3) is 0.158. The fourth-order valence-electron chi connectivity index (χ4n) is 2.86. The van der Waals surface area contributed by atoms with E-state index in [1.807, 2.05) is 0 Å². The number of aromatic nitrogens is 2.